The lowest BCUT2D eigenvalue weighted by Gasteiger charge is -2.07. The van der Waals surface area contributed by atoms with E-state index in [0.717, 1.165) is 27.1 Å². The molecule has 0 bridgehead atoms. The van der Waals surface area contributed by atoms with Crippen LogP contribution in [0.4, 0.5) is 0 Å². The van der Waals surface area contributed by atoms with Gasteiger partial charge in [0.25, 0.3) is 0 Å². The van der Waals surface area contributed by atoms with Crippen LogP contribution < -0.4 is 4.74 Å². The number of hydrogen-bond acceptors (Lipinski definition) is 7. The summed E-state index contributed by atoms with van der Waals surface area (Å²) in [6, 6.07) is 9.79. The molecule has 0 N–H and O–H groups in total. The van der Waals surface area contributed by atoms with Crippen LogP contribution >= 0.6 is 11.3 Å². The second kappa shape index (κ2) is 5.72. The van der Waals surface area contributed by atoms with Crippen LogP contribution in [-0.4, -0.2) is 31.8 Å². The normalized spacial score (nSPS) is 10.7. The fourth-order valence-corrected chi connectivity index (χ4v) is 3.40. The van der Waals surface area contributed by atoms with Crippen LogP contribution in [-0.2, 0) is 0 Å². The van der Waals surface area contributed by atoms with Gasteiger partial charge >= 0.3 is 0 Å². The number of aromatic nitrogens is 5. The van der Waals surface area contributed by atoms with E-state index in [-0.39, 0.29) is 5.82 Å². The summed E-state index contributed by atoms with van der Waals surface area (Å²) in [5.74, 6) is 1.57. The van der Waals surface area contributed by atoms with E-state index < -0.39 is 0 Å². The topological polar surface area (TPSA) is 89.5 Å². The molecule has 0 spiro atoms. The molecule has 0 aliphatic carbocycles. The first-order valence-electron chi connectivity index (χ1n) is 6.99. The Morgan fingerprint density at radius 2 is 2.04 bits per heavy atom. The smallest absolute Gasteiger partial charge is 0.240 e. The van der Waals surface area contributed by atoms with Crippen molar-refractivity contribution in [1.82, 2.24) is 24.7 Å². The van der Waals surface area contributed by atoms with Crippen LogP contribution in [0, 0.1) is 11.3 Å². The summed E-state index contributed by atoms with van der Waals surface area (Å²) in [4.78, 5) is 9.52. The second-order valence-electron chi connectivity index (χ2n) is 4.89. The zero-order chi connectivity index (χ0) is 16.5. The summed E-state index contributed by atoms with van der Waals surface area (Å²) < 4.78 is 6.78. The lowest BCUT2D eigenvalue weighted by molar-refractivity contribution is 0.415. The SMILES string of the molecule is COc1ccc(-c2csc3ncnc(-n4cnnc4C#N)c23)cc1. The highest BCUT2D eigenvalue weighted by Crippen LogP contribution is 2.36. The third kappa shape index (κ3) is 2.19. The Kier molecular flexibility index (Phi) is 3.40. The van der Waals surface area contributed by atoms with Crippen LogP contribution in [0.1, 0.15) is 5.82 Å². The first-order valence-corrected chi connectivity index (χ1v) is 7.87. The van der Waals surface area contributed by atoms with Gasteiger partial charge in [-0.2, -0.15) is 5.26 Å². The molecule has 0 saturated heterocycles. The van der Waals surface area contributed by atoms with E-state index >= 15 is 0 Å². The average molecular weight is 334 g/mol. The van der Waals surface area contributed by atoms with Crippen molar-refractivity contribution in [2.45, 2.75) is 0 Å². The molecule has 4 rings (SSSR count). The molecule has 0 amide bonds. The van der Waals surface area contributed by atoms with Crippen LogP contribution in [0.5, 0.6) is 5.75 Å². The third-order valence-electron chi connectivity index (χ3n) is 3.63. The highest BCUT2D eigenvalue weighted by atomic mass is 32.1. The summed E-state index contributed by atoms with van der Waals surface area (Å²) >= 11 is 1.52. The van der Waals surface area contributed by atoms with Gasteiger partial charge in [-0.05, 0) is 17.7 Å². The van der Waals surface area contributed by atoms with Gasteiger partial charge < -0.3 is 4.74 Å². The van der Waals surface area contributed by atoms with Gasteiger partial charge in [0.15, 0.2) is 5.82 Å². The zero-order valence-electron chi connectivity index (χ0n) is 12.5. The molecule has 8 heteroatoms. The summed E-state index contributed by atoms with van der Waals surface area (Å²) in [5.41, 5.74) is 2.01. The molecule has 116 valence electrons. The first kappa shape index (κ1) is 14.3. The van der Waals surface area contributed by atoms with E-state index in [4.69, 9.17) is 4.74 Å². The average Bonchev–Trinajstić information content (AvgIpc) is 3.28. The minimum Gasteiger partial charge on any atom is -0.497 e. The molecule has 0 radical (unpaired) electrons. The largest absolute Gasteiger partial charge is 0.497 e. The van der Waals surface area contributed by atoms with Gasteiger partial charge in [-0.3, -0.25) is 4.57 Å². The summed E-state index contributed by atoms with van der Waals surface area (Å²) in [6.45, 7) is 0. The fraction of sp³-hybridized carbons (Fsp3) is 0.0625. The van der Waals surface area contributed by atoms with Crippen molar-refractivity contribution < 1.29 is 4.74 Å². The molecule has 0 saturated carbocycles. The molecule has 24 heavy (non-hydrogen) atoms. The van der Waals surface area contributed by atoms with Crippen LogP contribution in [0.2, 0.25) is 0 Å². The molecular formula is C16H10N6OS. The highest BCUT2D eigenvalue weighted by molar-refractivity contribution is 7.17. The molecule has 3 heterocycles. The van der Waals surface area contributed by atoms with E-state index in [9.17, 15) is 5.26 Å². The van der Waals surface area contributed by atoms with Gasteiger partial charge in [-0.15, -0.1) is 21.5 Å². The van der Waals surface area contributed by atoms with Crippen LogP contribution in [0.3, 0.4) is 0 Å². The van der Waals surface area contributed by atoms with E-state index in [0.29, 0.717) is 5.82 Å². The van der Waals surface area contributed by atoms with Crippen molar-refractivity contribution in [3.63, 3.8) is 0 Å². The molecule has 4 aromatic rings. The Morgan fingerprint density at radius 3 is 2.79 bits per heavy atom. The number of nitriles is 1. The second-order valence-corrected chi connectivity index (χ2v) is 5.75. The van der Waals surface area contributed by atoms with Gasteiger partial charge in [-0.25, -0.2) is 9.97 Å². The number of rotatable bonds is 3. The molecule has 0 unspecified atom stereocenters. The van der Waals surface area contributed by atoms with Gasteiger partial charge in [0.2, 0.25) is 5.82 Å². The van der Waals surface area contributed by atoms with E-state index in [1.165, 1.54) is 24.0 Å². The van der Waals surface area contributed by atoms with Gasteiger partial charge in [0, 0.05) is 10.9 Å². The van der Waals surface area contributed by atoms with E-state index in [1.807, 2.05) is 35.7 Å². The van der Waals surface area contributed by atoms with Crippen molar-refractivity contribution in [3.8, 4) is 28.8 Å². The van der Waals surface area contributed by atoms with Gasteiger partial charge in [0.1, 0.15) is 29.3 Å². The summed E-state index contributed by atoms with van der Waals surface area (Å²) in [6.07, 6.45) is 2.96. The molecule has 1 aromatic carbocycles. The number of fused-ring (bicyclic) bond motifs is 1. The number of methoxy groups -OCH3 is 1. The van der Waals surface area contributed by atoms with Crippen LogP contribution in [0.25, 0.3) is 27.2 Å². The van der Waals surface area contributed by atoms with Gasteiger partial charge in [0.05, 0.1) is 12.5 Å². The molecule has 0 aliphatic heterocycles. The maximum atomic E-state index is 9.21. The predicted octanol–water partition coefficient (Wildman–Crippen LogP) is 2.82. The maximum absolute atomic E-state index is 9.21. The summed E-state index contributed by atoms with van der Waals surface area (Å²) in [5, 5.41) is 19.7. The molecule has 0 fully saturated rings. The highest BCUT2D eigenvalue weighted by Gasteiger charge is 2.17. The molecular weight excluding hydrogens is 324 g/mol. The van der Waals surface area contributed by atoms with E-state index in [1.54, 1.807) is 11.7 Å². The Labute approximate surface area is 140 Å². The summed E-state index contributed by atoms with van der Waals surface area (Å²) in [7, 11) is 1.64. The fourth-order valence-electron chi connectivity index (χ4n) is 2.49. The minimum absolute atomic E-state index is 0.182. The Balaban J connectivity index is 1.96. The minimum atomic E-state index is 0.182. The number of ether oxygens (including phenoxy) is 1. The zero-order valence-corrected chi connectivity index (χ0v) is 13.4. The Hall–Kier alpha value is -3.31. The number of hydrogen-bond donors (Lipinski definition) is 0. The maximum Gasteiger partial charge on any atom is 0.240 e. The van der Waals surface area contributed by atoms with Crippen molar-refractivity contribution in [1.29, 1.82) is 5.26 Å². The molecule has 0 aliphatic rings. The first-order chi connectivity index (χ1) is 11.8. The lowest BCUT2D eigenvalue weighted by Crippen LogP contribution is -2.01. The van der Waals surface area contributed by atoms with E-state index in [2.05, 4.69) is 20.2 Å². The predicted molar refractivity (Wildman–Crippen MR) is 89.0 cm³/mol. The monoisotopic (exact) mass is 334 g/mol. The third-order valence-corrected chi connectivity index (χ3v) is 4.51. The van der Waals surface area contributed by atoms with Crippen molar-refractivity contribution in [2.24, 2.45) is 0 Å². The lowest BCUT2D eigenvalue weighted by atomic mass is 10.1. The molecule has 7 nitrogen and oxygen atoms in total. The van der Waals surface area contributed by atoms with Crippen molar-refractivity contribution in [2.75, 3.05) is 7.11 Å². The molecule has 3 aromatic heterocycles. The Morgan fingerprint density at radius 1 is 1.21 bits per heavy atom. The Bertz CT molecular complexity index is 1060. The number of thiophene rings is 1. The quantitative estimate of drug-likeness (QED) is 0.572. The number of nitrogens with zero attached hydrogens (tertiary/aromatic N) is 6. The van der Waals surface area contributed by atoms with Crippen molar-refractivity contribution in [3.05, 3.63) is 48.1 Å². The molecule has 0 atom stereocenters. The number of benzene rings is 1. The van der Waals surface area contributed by atoms with Crippen molar-refractivity contribution >= 4 is 21.6 Å². The standard InChI is InChI=1S/C16H10N6OS/c1-23-11-4-2-10(3-5-11)12-7-24-16-14(12)15(18-8-19-16)22-9-20-21-13(22)6-17/h2-5,7-9H,1H3. The van der Waals surface area contributed by atoms with Gasteiger partial charge in [-0.1, -0.05) is 12.1 Å². The van der Waals surface area contributed by atoms with Crippen LogP contribution in [0.15, 0.2) is 42.3 Å².